The van der Waals surface area contributed by atoms with Crippen LogP contribution >= 0.6 is 15.9 Å². The van der Waals surface area contributed by atoms with Gasteiger partial charge in [0.25, 0.3) is 5.69 Å². The molecule has 6 nitrogen and oxygen atoms in total. The number of ether oxygens (including phenoxy) is 1. The van der Waals surface area contributed by atoms with Crippen LogP contribution in [0.2, 0.25) is 0 Å². The zero-order chi connectivity index (χ0) is 18.7. The number of non-ortho nitro benzene ring substituents is 1. The van der Waals surface area contributed by atoms with Crippen LogP contribution in [-0.2, 0) is 10.2 Å². The molecule has 0 spiro atoms. The summed E-state index contributed by atoms with van der Waals surface area (Å²) in [6.07, 6.45) is 3.43. The van der Waals surface area contributed by atoms with Gasteiger partial charge < -0.3 is 10.1 Å². The van der Waals surface area contributed by atoms with Gasteiger partial charge in [-0.3, -0.25) is 14.9 Å². The SMILES string of the molecule is COc1ccc([N+](=O)[O-])cc1NC(=O)C1(c2ccc(Br)cc2)CCCC1. The lowest BCUT2D eigenvalue weighted by molar-refractivity contribution is -0.384. The van der Waals surface area contributed by atoms with E-state index < -0.39 is 10.3 Å². The number of benzene rings is 2. The van der Waals surface area contributed by atoms with Crippen LogP contribution in [0.5, 0.6) is 5.75 Å². The molecule has 1 aliphatic carbocycles. The van der Waals surface area contributed by atoms with E-state index in [1.807, 2.05) is 24.3 Å². The summed E-state index contributed by atoms with van der Waals surface area (Å²) in [6, 6.07) is 12.0. The predicted octanol–water partition coefficient (Wildman–Crippen LogP) is 4.82. The quantitative estimate of drug-likeness (QED) is 0.557. The van der Waals surface area contributed by atoms with Gasteiger partial charge in [-0.1, -0.05) is 40.9 Å². The fraction of sp³-hybridized carbons (Fsp3) is 0.316. The van der Waals surface area contributed by atoms with Crippen molar-refractivity contribution in [2.24, 2.45) is 0 Å². The number of anilines is 1. The number of nitro benzene ring substituents is 1. The topological polar surface area (TPSA) is 81.5 Å². The van der Waals surface area contributed by atoms with Gasteiger partial charge in [0.05, 0.1) is 23.1 Å². The number of methoxy groups -OCH3 is 1. The molecule has 0 atom stereocenters. The van der Waals surface area contributed by atoms with Gasteiger partial charge in [-0.15, -0.1) is 0 Å². The average molecular weight is 419 g/mol. The number of rotatable bonds is 5. The molecule has 0 unspecified atom stereocenters. The summed E-state index contributed by atoms with van der Waals surface area (Å²) in [5.41, 5.74) is 0.552. The highest BCUT2D eigenvalue weighted by molar-refractivity contribution is 9.10. The third-order valence-corrected chi connectivity index (χ3v) is 5.46. The van der Waals surface area contributed by atoms with E-state index in [-0.39, 0.29) is 11.6 Å². The molecule has 0 saturated heterocycles. The van der Waals surface area contributed by atoms with E-state index in [0.29, 0.717) is 11.4 Å². The van der Waals surface area contributed by atoms with Crippen molar-refractivity contribution in [1.82, 2.24) is 0 Å². The lowest BCUT2D eigenvalue weighted by Gasteiger charge is -2.28. The number of hydrogen-bond donors (Lipinski definition) is 1. The Kier molecular flexibility index (Phi) is 5.27. The van der Waals surface area contributed by atoms with E-state index in [9.17, 15) is 14.9 Å². The van der Waals surface area contributed by atoms with Crippen molar-refractivity contribution in [2.45, 2.75) is 31.1 Å². The Morgan fingerprint density at radius 1 is 1.19 bits per heavy atom. The van der Waals surface area contributed by atoms with Crippen LogP contribution in [0.1, 0.15) is 31.2 Å². The highest BCUT2D eigenvalue weighted by Crippen LogP contribution is 2.43. The van der Waals surface area contributed by atoms with Gasteiger partial charge in [0.2, 0.25) is 5.91 Å². The number of carbonyl (C=O) groups excluding carboxylic acids is 1. The second-order valence-electron chi connectivity index (χ2n) is 6.39. The minimum atomic E-state index is -0.629. The maximum absolute atomic E-state index is 13.2. The normalized spacial score (nSPS) is 15.5. The molecular formula is C19H19BrN2O4. The van der Waals surface area contributed by atoms with Gasteiger partial charge in [0, 0.05) is 16.6 Å². The molecule has 3 rings (SSSR count). The number of nitrogens with zero attached hydrogens (tertiary/aromatic N) is 1. The summed E-state index contributed by atoms with van der Waals surface area (Å²) in [5, 5.41) is 13.9. The van der Waals surface area contributed by atoms with E-state index in [2.05, 4.69) is 21.2 Å². The Morgan fingerprint density at radius 3 is 2.42 bits per heavy atom. The molecule has 2 aromatic rings. The minimum absolute atomic E-state index is 0.0924. The monoisotopic (exact) mass is 418 g/mol. The van der Waals surface area contributed by atoms with Crippen LogP contribution in [0, 0.1) is 10.1 Å². The van der Waals surface area contributed by atoms with Crippen LogP contribution in [0.15, 0.2) is 46.9 Å². The molecule has 7 heteroatoms. The van der Waals surface area contributed by atoms with Gasteiger partial charge in [-0.2, -0.15) is 0 Å². The van der Waals surface area contributed by atoms with Crippen LogP contribution in [0.3, 0.4) is 0 Å². The summed E-state index contributed by atoms with van der Waals surface area (Å²) in [5.74, 6) is 0.240. The van der Waals surface area contributed by atoms with Crippen molar-refractivity contribution < 1.29 is 14.5 Å². The lowest BCUT2D eigenvalue weighted by atomic mass is 9.78. The fourth-order valence-corrected chi connectivity index (χ4v) is 3.81. The Labute approximate surface area is 159 Å². The molecule has 0 radical (unpaired) electrons. The molecule has 1 amide bonds. The fourth-order valence-electron chi connectivity index (χ4n) is 3.54. The first-order valence-electron chi connectivity index (χ1n) is 8.36. The number of amides is 1. The summed E-state index contributed by atoms with van der Waals surface area (Å²) < 4.78 is 6.21. The van der Waals surface area contributed by atoms with Crippen LogP contribution in [-0.4, -0.2) is 17.9 Å². The maximum Gasteiger partial charge on any atom is 0.271 e. The lowest BCUT2D eigenvalue weighted by Crippen LogP contribution is -2.38. The summed E-state index contributed by atoms with van der Waals surface area (Å²) in [4.78, 5) is 23.8. The van der Waals surface area contributed by atoms with Crippen LogP contribution < -0.4 is 10.1 Å². The first kappa shape index (κ1) is 18.4. The average Bonchev–Trinajstić information content (AvgIpc) is 3.13. The molecule has 0 heterocycles. The number of carbonyl (C=O) groups is 1. The molecular weight excluding hydrogens is 400 g/mol. The standard InChI is InChI=1S/C19H19BrN2O4/c1-26-17-9-8-15(22(24)25)12-16(17)21-18(23)19(10-2-3-11-19)13-4-6-14(20)7-5-13/h4-9,12H,2-3,10-11H2,1H3,(H,21,23). The zero-order valence-corrected chi connectivity index (χ0v) is 15.9. The van der Waals surface area contributed by atoms with Crippen LogP contribution in [0.25, 0.3) is 0 Å². The summed E-state index contributed by atoms with van der Waals surface area (Å²) in [7, 11) is 1.47. The molecule has 1 saturated carbocycles. The third kappa shape index (κ3) is 3.44. The number of halogens is 1. The zero-order valence-electron chi connectivity index (χ0n) is 14.3. The molecule has 0 aromatic heterocycles. The molecule has 1 aliphatic rings. The number of nitrogens with one attached hydrogen (secondary N) is 1. The predicted molar refractivity (Wildman–Crippen MR) is 103 cm³/mol. The van der Waals surface area contributed by atoms with E-state index in [4.69, 9.17) is 4.74 Å². The Morgan fingerprint density at radius 2 is 1.85 bits per heavy atom. The van der Waals surface area contributed by atoms with E-state index in [1.165, 1.54) is 25.3 Å². The summed E-state index contributed by atoms with van der Waals surface area (Å²) >= 11 is 3.42. The molecule has 26 heavy (non-hydrogen) atoms. The second-order valence-corrected chi connectivity index (χ2v) is 7.31. The van der Waals surface area contributed by atoms with Crippen molar-refractivity contribution >= 4 is 33.2 Å². The molecule has 1 fully saturated rings. The third-order valence-electron chi connectivity index (χ3n) is 4.93. The van der Waals surface area contributed by atoms with Crippen molar-refractivity contribution in [2.75, 3.05) is 12.4 Å². The van der Waals surface area contributed by atoms with Gasteiger partial charge in [-0.25, -0.2) is 0 Å². The van der Waals surface area contributed by atoms with Gasteiger partial charge in [0.1, 0.15) is 5.75 Å². The Bertz CT molecular complexity index is 830. The molecule has 1 N–H and O–H groups in total. The van der Waals surface area contributed by atoms with Gasteiger partial charge in [0.15, 0.2) is 0 Å². The van der Waals surface area contributed by atoms with Crippen LogP contribution in [0.4, 0.5) is 11.4 Å². The highest BCUT2D eigenvalue weighted by Gasteiger charge is 2.43. The maximum atomic E-state index is 13.2. The second kappa shape index (κ2) is 7.45. The molecule has 0 aliphatic heterocycles. The molecule has 0 bridgehead atoms. The Hall–Kier alpha value is -2.41. The smallest absolute Gasteiger partial charge is 0.271 e. The van der Waals surface area contributed by atoms with Crippen molar-refractivity contribution in [1.29, 1.82) is 0 Å². The van der Waals surface area contributed by atoms with Crippen molar-refractivity contribution in [3.63, 3.8) is 0 Å². The largest absolute Gasteiger partial charge is 0.495 e. The minimum Gasteiger partial charge on any atom is -0.495 e. The van der Waals surface area contributed by atoms with Gasteiger partial charge in [-0.05, 0) is 36.6 Å². The first-order chi connectivity index (χ1) is 12.5. The van der Waals surface area contributed by atoms with E-state index in [0.717, 1.165) is 35.7 Å². The number of hydrogen-bond acceptors (Lipinski definition) is 4. The van der Waals surface area contributed by atoms with Crippen molar-refractivity contribution in [3.8, 4) is 5.75 Å². The van der Waals surface area contributed by atoms with E-state index >= 15 is 0 Å². The molecule has 136 valence electrons. The van der Waals surface area contributed by atoms with Gasteiger partial charge >= 0.3 is 0 Å². The highest BCUT2D eigenvalue weighted by atomic mass is 79.9. The molecule has 2 aromatic carbocycles. The number of nitro groups is 1. The van der Waals surface area contributed by atoms with Crippen molar-refractivity contribution in [3.05, 3.63) is 62.6 Å². The Balaban J connectivity index is 1.95. The van der Waals surface area contributed by atoms with E-state index in [1.54, 1.807) is 0 Å². The summed E-state index contributed by atoms with van der Waals surface area (Å²) in [6.45, 7) is 0. The first-order valence-corrected chi connectivity index (χ1v) is 9.15.